The molecular formula is C9H16BrN5O2S. The summed E-state index contributed by atoms with van der Waals surface area (Å²) >= 11 is 3.34. The van der Waals surface area contributed by atoms with Gasteiger partial charge in [0.2, 0.25) is 10.0 Å². The maximum atomic E-state index is 11.4. The summed E-state index contributed by atoms with van der Waals surface area (Å²) in [5.74, 6) is 1.19. The van der Waals surface area contributed by atoms with Crippen molar-refractivity contribution in [3.8, 4) is 0 Å². The number of aromatic nitrogens is 2. The van der Waals surface area contributed by atoms with Crippen LogP contribution in [0.15, 0.2) is 10.8 Å². The first kappa shape index (κ1) is 15.1. The third-order valence-corrected chi connectivity index (χ3v) is 4.27. The second kappa shape index (κ2) is 6.86. The Morgan fingerprint density at radius 3 is 2.61 bits per heavy atom. The molecule has 1 rings (SSSR count). The number of nitrogens with zero attached hydrogens (tertiary/aromatic N) is 2. The van der Waals surface area contributed by atoms with Crippen molar-refractivity contribution in [2.75, 3.05) is 36.5 Å². The third-order valence-electron chi connectivity index (χ3n) is 2.05. The number of anilines is 2. The minimum atomic E-state index is -3.22. The fourth-order valence-electron chi connectivity index (χ4n) is 1.26. The molecule has 0 aliphatic carbocycles. The molecule has 102 valence electrons. The highest BCUT2D eigenvalue weighted by Gasteiger charge is 2.10. The smallest absolute Gasteiger partial charge is 0.213 e. The summed E-state index contributed by atoms with van der Waals surface area (Å²) in [6, 6.07) is 0. The number of nitrogens with one attached hydrogen (secondary N) is 3. The van der Waals surface area contributed by atoms with Crippen molar-refractivity contribution in [2.24, 2.45) is 0 Å². The largest absolute Gasteiger partial charge is 0.372 e. The van der Waals surface area contributed by atoms with Gasteiger partial charge in [0.1, 0.15) is 22.4 Å². The van der Waals surface area contributed by atoms with Gasteiger partial charge in [-0.05, 0) is 15.9 Å². The van der Waals surface area contributed by atoms with Crippen molar-refractivity contribution < 1.29 is 8.42 Å². The minimum Gasteiger partial charge on any atom is -0.372 e. The Morgan fingerprint density at radius 2 is 2.00 bits per heavy atom. The van der Waals surface area contributed by atoms with Crippen molar-refractivity contribution in [2.45, 2.75) is 6.92 Å². The number of hydrogen-bond donors (Lipinski definition) is 3. The van der Waals surface area contributed by atoms with Crippen LogP contribution in [-0.2, 0) is 10.0 Å². The Labute approximate surface area is 115 Å². The summed E-state index contributed by atoms with van der Waals surface area (Å²) in [7, 11) is -1.47. The highest BCUT2D eigenvalue weighted by molar-refractivity contribution is 9.10. The second-order valence-corrected chi connectivity index (χ2v) is 6.10. The van der Waals surface area contributed by atoms with Crippen molar-refractivity contribution in [3.05, 3.63) is 10.8 Å². The molecule has 0 spiro atoms. The van der Waals surface area contributed by atoms with Crippen LogP contribution in [0.2, 0.25) is 0 Å². The monoisotopic (exact) mass is 337 g/mol. The minimum absolute atomic E-state index is 0.00777. The summed E-state index contributed by atoms with van der Waals surface area (Å²) in [4.78, 5) is 8.03. The zero-order valence-electron chi connectivity index (χ0n) is 10.2. The normalized spacial score (nSPS) is 11.3. The molecule has 0 aliphatic heterocycles. The van der Waals surface area contributed by atoms with E-state index in [0.29, 0.717) is 22.7 Å². The van der Waals surface area contributed by atoms with E-state index in [1.54, 1.807) is 14.0 Å². The van der Waals surface area contributed by atoms with E-state index in [9.17, 15) is 8.42 Å². The van der Waals surface area contributed by atoms with Gasteiger partial charge in [0.25, 0.3) is 0 Å². The average molecular weight is 338 g/mol. The van der Waals surface area contributed by atoms with E-state index in [1.165, 1.54) is 6.33 Å². The zero-order valence-corrected chi connectivity index (χ0v) is 12.6. The summed E-state index contributed by atoms with van der Waals surface area (Å²) in [6.07, 6.45) is 1.40. The Balaban J connectivity index is 2.60. The molecule has 0 unspecified atom stereocenters. The fraction of sp³-hybridized carbons (Fsp3) is 0.556. The lowest BCUT2D eigenvalue weighted by Crippen LogP contribution is -2.29. The van der Waals surface area contributed by atoms with Crippen molar-refractivity contribution in [1.29, 1.82) is 0 Å². The van der Waals surface area contributed by atoms with Crippen LogP contribution in [-0.4, -0.2) is 44.3 Å². The Morgan fingerprint density at radius 1 is 1.33 bits per heavy atom. The molecule has 0 saturated heterocycles. The molecule has 0 amide bonds. The standard InChI is InChI=1S/C9H16BrN5O2S/c1-3-15-18(16,17)5-4-12-9-7(10)8(11-2)13-6-14-9/h6,15H,3-5H2,1-2H3,(H2,11,12,13,14). The molecule has 1 aromatic heterocycles. The molecule has 7 nitrogen and oxygen atoms in total. The van der Waals surface area contributed by atoms with E-state index >= 15 is 0 Å². The molecule has 0 aromatic carbocycles. The molecule has 0 bridgehead atoms. The Hall–Kier alpha value is -0.930. The quantitative estimate of drug-likeness (QED) is 0.675. The topological polar surface area (TPSA) is 96.0 Å². The van der Waals surface area contributed by atoms with Crippen LogP contribution in [0.3, 0.4) is 0 Å². The molecule has 0 aliphatic rings. The number of halogens is 1. The third kappa shape index (κ3) is 4.39. The molecule has 18 heavy (non-hydrogen) atoms. The van der Waals surface area contributed by atoms with Crippen molar-refractivity contribution >= 4 is 37.6 Å². The zero-order chi connectivity index (χ0) is 13.6. The fourth-order valence-corrected chi connectivity index (χ4v) is 2.76. The van der Waals surface area contributed by atoms with E-state index < -0.39 is 10.0 Å². The molecule has 1 heterocycles. The highest BCUT2D eigenvalue weighted by atomic mass is 79.9. The van der Waals surface area contributed by atoms with Gasteiger partial charge in [0.05, 0.1) is 5.75 Å². The van der Waals surface area contributed by atoms with Crippen LogP contribution < -0.4 is 15.4 Å². The predicted octanol–water partition coefficient (Wildman–Crippen LogP) is 0.632. The summed E-state index contributed by atoms with van der Waals surface area (Å²) in [5, 5.41) is 5.84. The van der Waals surface area contributed by atoms with Crippen LogP contribution in [0, 0.1) is 0 Å². The van der Waals surface area contributed by atoms with Gasteiger partial charge < -0.3 is 10.6 Å². The van der Waals surface area contributed by atoms with Gasteiger partial charge in [-0.15, -0.1) is 0 Å². The first-order valence-electron chi connectivity index (χ1n) is 5.39. The van der Waals surface area contributed by atoms with Crippen LogP contribution in [0.25, 0.3) is 0 Å². The lowest BCUT2D eigenvalue weighted by molar-refractivity contribution is 0.584. The maximum Gasteiger partial charge on any atom is 0.213 e. The van der Waals surface area contributed by atoms with Crippen LogP contribution in [0.1, 0.15) is 6.92 Å². The van der Waals surface area contributed by atoms with Gasteiger partial charge >= 0.3 is 0 Å². The molecule has 0 saturated carbocycles. The average Bonchev–Trinajstić information content (AvgIpc) is 2.31. The molecule has 3 N–H and O–H groups in total. The number of rotatable bonds is 7. The van der Waals surface area contributed by atoms with Gasteiger partial charge in [-0.25, -0.2) is 23.1 Å². The first-order chi connectivity index (χ1) is 8.50. The van der Waals surface area contributed by atoms with E-state index in [4.69, 9.17) is 0 Å². The van der Waals surface area contributed by atoms with E-state index in [2.05, 4.69) is 41.3 Å². The lowest BCUT2D eigenvalue weighted by atomic mass is 10.5. The maximum absolute atomic E-state index is 11.4. The van der Waals surface area contributed by atoms with E-state index in [-0.39, 0.29) is 12.3 Å². The predicted molar refractivity (Wildman–Crippen MR) is 75.2 cm³/mol. The molecule has 0 fully saturated rings. The highest BCUT2D eigenvalue weighted by Crippen LogP contribution is 2.25. The van der Waals surface area contributed by atoms with Crippen molar-refractivity contribution in [1.82, 2.24) is 14.7 Å². The van der Waals surface area contributed by atoms with Gasteiger partial charge in [-0.3, -0.25) is 0 Å². The Kier molecular flexibility index (Phi) is 5.76. The number of hydrogen-bond acceptors (Lipinski definition) is 6. The molecule has 0 radical (unpaired) electrons. The lowest BCUT2D eigenvalue weighted by Gasteiger charge is -2.10. The number of sulfonamides is 1. The van der Waals surface area contributed by atoms with Crippen LogP contribution >= 0.6 is 15.9 Å². The van der Waals surface area contributed by atoms with E-state index in [1.807, 2.05) is 0 Å². The van der Waals surface area contributed by atoms with Crippen LogP contribution in [0.5, 0.6) is 0 Å². The van der Waals surface area contributed by atoms with Gasteiger partial charge in [0, 0.05) is 20.1 Å². The van der Waals surface area contributed by atoms with E-state index in [0.717, 1.165) is 0 Å². The second-order valence-electron chi connectivity index (χ2n) is 3.38. The molecule has 9 heteroatoms. The van der Waals surface area contributed by atoms with Gasteiger partial charge in [-0.1, -0.05) is 6.92 Å². The molecular weight excluding hydrogens is 322 g/mol. The summed E-state index contributed by atoms with van der Waals surface area (Å²) in [5.41, 5.74) is 0. The first-order valence-corrected chi connectivity index (χ1v) is 7.84. The van der Waals surface area contributed by atoms with Gasteiger partial charge in [-0.2, -0.15) is 0 Å². The summed E-state index contributed by atoms with van der Waals surface area (Å²) in [6.45, 7) is 2.41. The van der Waals surface area contributed by atoms with Crippen molar-refractivity contribution in [3.63, 3.8) is 0 Å². The molecule has 1 aromatic rings. The summed E-state index contributed by atoms with van der Waals surface area (Å²) < 4.78 is 25.9. The molecule has 0 atom stereocenters. The Bertz CT molecular complexity index is 494. The SMILES string of the molecule is CCNS(=O)(=O)CCNc1ncnc(NC)c1Br. The van der Waals surface area contributed by atoms with Crippen LogP contribution in [0.4, 0.5) is 11.6 Å². The van der Waals surface area contributed by atoms with Gasteiger partial charge in [0.15, 0.2) is 0 Å².